The Labute approximate surface area is 142 Å². The SMILES string of the molecule is CCCNC(=O)c1cccc(NC(=O)CCc2ccccc2N)c1. The fourth-order valence-corrected chi connectivity index (χ4v) is 2.31. The predicted octanol–water partition coefficient (Wildman–Crippen LogP) is 2.98. The monoisotopic (exact) mass is 325 g/mol. The van der Waals surface area contributed by atoms with Gasteiger partial charge in [-0.25, -0.2) is 0 Å². The molecular weight excluding hydrogens is 302 g/mol. The molecule has 0 saturated carbocycles. The second-order valence-corrected chi connectivity index (χ2v) is 5.58. The molecule has 0 atom stereocenters. The minimum Gasteiger partial charge on any atom is -0.399 e. The molecule has 0 aliphatic rings. The molecule has 0 saturated heterocycles. The van der Waals surface area contributed by atoms with Gasteiger partial charge in [0.2, 0.25) is 5.91 Å². The number of nitrogen functional groups attached to an aromatic ring is 1. The van der Waals surface area contributed by atoms with Crippen LogP contribution in [0.15, 0.2) is 48.5 Å². The topological polar surface area (TPSA) is 84.2 Å². The van der Waals surface area contributed by atoms with E-state index in [0.717, 1.165) is 12.0 Å². The first-order valence-electron chi connectivity index (χ1n) is 8.11. The zero-order valence-electron chi connectivity index (χ0n) is 13.8. The normalized spacial score (nSPS) is 10.2. The summed E-state index contributed by atoms with van der Waals surface area (Å²) in [4.78, 5) is 24.0. The Morgan fingerprint density at radius 1 is 1.08 bits per heavy atom. The van der Waals surface area contributed by atoms with Crippen LogP contribution < -0.4 is 16.4 Å². The van der Waals surface area contributed by atoms with Crippen molar-refractivity contribution >= 4 is 23.2 Å². The molecule has 0 unspecified atom stereocenters. The number of anilines is 2. The number of aryl methyl sites for hydroxylation is 1. The van der Waals surface area contributed by atoms with Crippen molar-refractivity contribution < 1.29 is 9.59 Å². The zero-order chi connectivity index (χ0) is 17.4. The summed E-state index contributed by atoms with van der Waals surface area (Å²) in [6, 6.07) is 14.4. The van der Waals surface area contributed by atoms with E-state index in [1.54, 1.807) is 24.3 Å². The van der Waals surface area contributed by atoms with Gasteiger partial charge in [-0.2, -0.15) is 0 Å². The number of hydrogen-bond acceptors (Lipinski definition) is 3. The molecule has 126 valence electrons. The highest BCUT2D eigenvalue weighted by Gasteiger charge is 2.08. The van der Waals surface area contributed by atoms with Gasteiger partial charge in [0.15, 0.2) is 0 Å². The molecule has 2 aromatic rings. The van der Waals surface area contributed by atoms with Gasteiger partial charge in [-0.15, -0.1) is 0 Å². The molecule has 0 fully saturated rings. The van der Waals surface area contributed by atoms with Crippen LogP contribution in [0.1, 0.15) is 35.7 Å². The molecular formula is C19H23N3O2. The zero-order valence-corrected chi connectivity index (χ0v) is 13.8. The van der Waals surface area contributed by atoms with Crippen molar-refractivity contribution in [3.05, 3.63) is 59.7 Å². The second-order valence-electron chi connectivity index (χ2n) is 5.58. The minimum atomic E-state index is -0.134. The first-order valence-corrected chi connectivity index (χ1v) is 8.11. The van der Waals surface area contributed by atoms with E-state index < -0.39 is 0 Å². The van der Waals surface area contributed by atoms with Crippen LogP contribution in [-0.2, 0) is 11.2 Å². The number of carbonyl (C=O) groups is 2. The van der Waals surface area contributed by atoms with E-state index in [0.29, 0.717) is 36.3 Å². The summed E-state index contributed by atoms with van der Waals surface area (Å²) < 4.78 is 0. The third-order valence-corrected chi connectivity index (χ3v) is 3.62. The molecule has 24 heavy (non-hydrogen) atoms. The molecule has 4 N–H and O–H groups in total. The number of para-hydroxylation sites is 1. The van der Waals surface area contributed by atoms with Gasteiger partial charge in [-0.1, -0.05) is 31.2 Å². The van der Waals surface area contributed by atoms with Gasteiger partial charge in [-0.05, 0) is 42.7 Å². The molecule has 5 nitrogen and oxygen atoms in total. The van der Waals surface area contributed by atoms with Crippen molar-refractivity contribution in [1.82, 2.24) is 5.32 Å². The third-order valence-electron chi connectivity index (χ3n) is 3.62. The number of benzene rings is 2. The second kappa shape index (κ2) is 8.72. The highest BCUT2D eigenvalue weighted by atomic mass is 16.2. The van der Waals surface area contributed by atoms with Crippen LogP contribution in [0.4, 0.5) is 11.4 Å². The first kappa shape index (κ1) is 17.5. The summed E-state index contributed by atoms with van der Waals surface area (Å²) in [5, 5.41) is 5.64. The summed E-state index contributed by atoms with van der Waals surface area (Å²) in [5.41, 5.74) is 8.68. The van der Waals surface area contributed by atoms with Crippen molar-refractivity contribution in [2.24, 2.45) is 0 Å². The molecule has 0 bridgehead atoms. The Kier molecular flexibility index (Phi) is 6.37. The summed E-state index contributed by atoms with van der Waals surface area (Å²) >= 11 is 0. The third kappa shape index (κ3) is 5.12. The van der Waals surface area contributed by atoms with Crippen molar-refractivity contribution in [3.8, 4) is 0 Å². The quantitative estimate of drug-likeness (QED) is 0.684. The molecule has 2 amide bonds. The van der Waals surface area contributed by atoms with E-state index in [2.05, 4.69) is 10.6 Å². The number of carbonyl (C=O) groups excluding carboxylic acids is 2. The lowest BCUT2D eigenvalue weighted by Gasteiger charge is -2.09. The van der Waals surface area contributed by atoms with Gasteiger partial charge < -0.3 is 16.4 Å². The van der Waals surface area contributed by atoms with E-state index in [1.807, 2.05) is 31.2 Å². The number of nitrogens with one attached hydrogen (secondary N) is 2. The summed E-state index contributed by atoms with van der Waals surface area (Å²) in [6.07, 6.45) is 1.79. The van der Waals surface area contributed by atoms with E-state index in [4.69, 9.17) is 5.73 Å². The Bertz CT molecular complexity index is 713. The largest absolute Gasteiger partial charge is 0.399 e. The lowest BCUT2D eigenvalue weighted by molar-refractivity contribution is -0.116. The summed E-state index contributed by atoms with van der Waals surface area (Å²) in [5.74, 6) is -0.241. The maximum atomic E-state index is 12.1. The van der Waals surface area contributed by atoms with Crippen LogP contribution in [-0.4, -0.2) is 18.4 Å². The lowest BCUT2D eigenvalue weighted by Crippen LogP contribution is -2.24. The van der Waals surface area contributed by atoms with Gasteiger partial charge in [0, 0.05) is 29.9 Å². The van der Waals surface area contributed by atoms with Gasteiger partial charge >= 0.3 is 0 Å². The van der Waals surface area contributed by atoms with E-state index in [1.165, 1.54) is 0 Å². The molecule has 5 heteroatoms. The van der Waals surface area contributed by atoms with Crippen LogP contribution in [0.25, 0.3) is 0 Å². The van der Waals surface area contributed by atoms with Gasteiger partial charge in [0.05, 0.1) is 0 Å². The van der Waals surface area contributed by atoms with Crippen molar-refractivity contribution in [2.75, 3.05) is 17.6 Å². The Hall–Kier alpha value is -2.82. The Morgan fingerprint density at radius 3 is 2.62 bits per heavy atom. The van der Waals surface area contributed by atoms with Crippen LogP contribution in [0.2, 0.25) is 0 Å². The molecule has 0 aliphatic carbocycles. The maximum Gasteiger partial charge on any atom is 0.251 e. The Morgan fingerprint density at radius 2 is 1.88 bits per heavy atom. The molecule has 0 aromatic heterocycles. The van der Waals surface area contributed by atoms with E-state index in [9.17, 15) is 9.59 Å². The van der Waals surface area contributed by atoms with Crippen molar-refractivity contribution in [1.29, 1.82) is 0 Å². The molecule has 2 rings (SSSR count). The number of amides is 2. The lowest BCUT2D eigenvalue weighted by atomic mass is 10.1. The van der Waals surface area contributed by atoms with Crippen LogP contribution >= 0.6 is 0 Å². The van der Waals surface area contributed by atoms with Gasteiger partial charge in [-0.3, -0.25) is 9.59 Å². The molecule has 2 aromatic carbocycles. The fourth-order valence-electron chi connectivity index (χ4n) is 2.31. The number of nitrogens with two attached hydrogens (primary N) is 1. The fraction of sp³-hybridized carbons (Fsp3) is 0.263. The highest BCUT2D eigenvalue weighted by molar-refractivity contribution is 5.97. The van der Waals surface area contributed by atoms with Crippen LogP contribution in [0, 0.1) is 0 Å². The molecule has 0 radical (unpaired) electrons. The average Bonchev–Trinajstić information content (AvgIpc) is 2.59. The smallest absolute Gasteiger partial charge is 0.251 e. The predicted molar refractivity (Wildman–Crippen MR) is 96.9 cm³/mol. The number of rotatable bonds is 7. The highest BCUT2D eigenvalue weighted by Crippen LogP contribution is 2.14. The van der Waals surface area contributed by atoms with E-state index >= 15 is 0 Å². The molecule has 0 aliphatic heterocycles. The molecule has 0 spiro atoms. The number of hydrogen-bond donors (Lipinski definition) is 3. The first-order chi connectivity index (χ1) is 11.6. The average molecular weight is 325 g/mol. The van der Waals surface area contributed by atoms with Crippen LogP contribution in [0.3, 0.4) is 0 Å². The van der Waals surface area contributed by atoms with Crippen molar-refractivity contribution in [3.63, 3.8) is 0 Å². The minimum absolute atomic E-state index is 0.107. The van der Waals surface area contributed by atoms with Crippen LogP contribution in [0.5, 0.6) is 0 Å². The molecule has 0 heterocycles. The summed E-state index contributed by atoms with van der Waals surface area (Å²) in [7, 11) is 0. The van der Waals surface area contributed by atoms with Gasteiger partial charge in [0.25, 0.3) is 5.91 Å². The summed E-state index contributed by atoms with van der Waals surface area (Å²) in [6.45, 7) is 2.63. The maximum absolute atomic E-state index is 12.1. The van der Waals surface area contributed by atoms with Crippen molar-refractivity contribution in [2.45, 2.75) is 26.2 Å². The van der Waals surface area contributed by atoms with Gasteiger partial charge in [0.1, 0.15) is 0 Å². The standard InChI is InChI=1S/C19H23N3O2/c1-2-12-21-19(24)15-7-5-8-16(13-15)22-18(23)11-10-14-6-3-4-9-17(14)20/h3-9,13H,2,10-12,20H2,1H3,(H,21,24)(H,22,23). The Balaban J connectivity index is 1.92. The van der Waals surface area contributed by atoms with E-state index in [-0.39, 0.29) is 11.8 Å².